The van der Waals surface area contributed by atoms with Gasteiger partial charge in [0, 0.05) is 5.38 Å². The molecule has 2 amide bonds. The number of carbonyl (C=O) groups is 3. The SMILES string of the molecule is CC(C)(ON=C(C(=O)NC1CN(S(=O)(=O)O)C1=O)c1csc(NC(c2ccccc2)(c2ccccc2)c2ccccc2)n1)C(=O)O.[NaH].[NaH]. The Kier molecular flexibility index (Phi) is 13.2. The molecule has 0 bridgehead atoms. The van der Waals surface area contributed by atoms with Crippen molar-refractivity contribution >= 4 is 109 Å². The average Bonchev–Trinajstić information content (AvgIpc) is 3.50. The van der Waals surface area contributed by atoms with Crippen LogP contribution in [-0.4, -0.2) is 128 Å². The fraction of sp³-hybridized carbons (Fsp3) is 0.194. The molecule has 1 fully saturated rings. The summed E-state index contributed by atoms with van der Waals surface area (Å²) in [6.45, 7) is 1.96. The van der Waals surface area contributed by atoms with Crippen molar-refractivity contribution in [1.82, 2.24) is 14.6 Å². The van der Waals surface area contributed by atoms with Crippen molar-refractivity contribution in [3.8, 4) is 0 Å². The van der Waals surface area contributed by atoms with Gasteiger partial charge >= 0.3 is 75.4 Å². The molecule has 1 unspecified atom stereocenters. The maximum absolute atomic E-state index is 13.4. The van der Waals surface area contributed by atoms with E-state index >= 15 is 0 Å². The number of carboxylic acid groups (broad SMARTS) is 1. The van der Waals surface area contributed by atoms with E-state index in [9.17, 15) is 27.9 Å². The minimum absolute atomic E-state index is 0. The Bertz CT molecular complexity index is 1800. The molecule has 48 heavy (non-hydrogen) atoms. The summed E-state index contributed by atoms with van der Waals surface area (Å²) in [5, 5.41) is 21.1. The van der Waals surface area contributed by atoms with E-state index in [1.807, 2.05) is 91.0 Å². The fourth-order valence-electron chi connectivity index (χ4n) is 4.72. The molecule has 0 saturated carbocycles. The number of aliphatic carboxylic acids is 1. The Morgan fingerprint density at radius 1 is 0.938 bits per heavy atom. The molecule has 2 heterocycles. The number of amides is 2. The second-order valence-electron chi connectivity index (χ2n) is 10.7. The first-order valence-electron chi connectivity index (χ1n) is 13.8. The number of nitrogens with one attached hydrogen (secondary N) is 2. The van der Waals surface area contributed by atoms with Gasteiger partial charge in [0.2, 0.25) is 5.60 Å². The second-order valence-corrected chi connectivity index (χ2v) is 12.9. The van der Waals surface area contributed by atoms with Crippen LogP contribution in [0.5, 0.6) is 0 Å². The van der Waals surface area contributed by atoms with Crippen molar-refractivity contribution in [3.05, 3.63) is 119 Å². The molecular weight excluding hydrogens is 680 g/mol. The van der Waals surface area contributed by atoms with Gasteiger partial charge in [-0.2, -0.15) is 8.42 Å². The van der Waals surface area contributed by atoms with Gasteiger partial charge in [-0.25, -0.2) is 14.1 Å². The number of nitrogens with zero attached hydrogens (tertiary/aromatic N) is 3. The van der Waals surface area contributed by atoms with Gasteiger partial charge in [-0.3, -0.25) is 14.1 Å². The normalized spacial score (nSPS) is 14.9. The maximum atomic E-state index is 13.4. The van der Waals surface area contributed by atoms with Gasteiger partial charge < -0.3 is 20.6 Å². The van der Waals surface area contributed by atoms with Crippen molar-refractivity contribution in [2.75, 3.05) is 11.9 Å². The molecule has 13 nitrogen and oxygen atoms in total. The van der Waals surface area contributed by atoms with Crippen LogP contribution in [0, 0.1) is 0 Å². The van der Waals surface area contributed by atoms with Crippen LogP contribution in [0.2, 0.25) is 0 Å². The second kappa shape index (κ2) is 16.1. The Morgan fingerprint density at radius 3 is 1.83 bits per heavy atom. The van der Waals surface area contributed by atoms with Crippen LogP contribution in [0.4, 0.5) is 5.13 Å². The monoisotopic (exact) mass is 711 g/mol. The number of carboxylic acids is 1. The Labute approximate surface area is 325 Å². The van der Waals surface area contributed by atoms with Crippen molar-refractivity contribution in [2.24, 2.45) is 5.16 Å². The number of anilines is 1. The first-order valence-corrected chi connectivity index (χ1v) is 16.1. The summed E-state index contributed by atoms with van der Waals surface area (Å²) in [6.07, 6.45) is 0. The minimum atomic E-state index is -4.79. The summed E-state index contributed by atoms with van der Waals surface area (Å²) in [7, 11) is -4.79. The van der Waals surface area contributed by atoms with Crippen LogP contribution in [0.15, 0.2) is 102 Å². The van der Waals surface area contributed by atoms with Gasteiger partial charge in [-0.05, 0) is 30.5 Å². The first-order chi connectivity index (χ1) is 21.8. The standard InChI is InChI=1S/C31H29N5O8S2.2Na.2H/c1-30(2,28(39)40)44-35-25(26(37)32-23-18-36(27(23)38)46(41,42)43)24-19-45-29(33-24)34-31(20-12-6-3-7-13-20,21-14-8-4-9-15-21)22-16-10-5-11-17-22;;;;/h3-17,19,23H,18H2,1-2H3,(H,32,37)(H,33,34)(H,39,40)(H,41,42,43);;;;. The van der Waals surface area contributed by atoms with E-state index in [0.29, 0.717) is 5.13 Å². The van der Waals surface area contributed by atoms with Crippen LogP contribution < -0.4 is 10.6 Å². The molecule has 1 aliphatic heterocycles. The number of β-lactam (4-membered cyclic amide) rings is 1. The third-order valence-corrected chi connectivity index (χ3v) is 8.88. The van der Waals surface area contributed by atoms with E-state index < -0.39 is 57.5 Å². The number of hydrogen-bond donors (Lipinski definition) is 4. The molecule has 0 aliphatic carbocycles. The third kappa shape index (κ3) is 8.35. The van der Waals surface area contributed by atoms with E-state index in [1.165, 1.54) is 19.2 Å². The zero-order valence-electron chi connectivity index (χ0n) is 24.5. The van der Waals surface area contributed by atoms with E-state index in [2.05, 4.69) is 20.8 Å². The predicted molar refractivity (Wildman–Crippen MR) is 184 cm³/mol. The van der Waals surface area contributed by atoms with Crippen LogP contribution in [0.1, 0.15) is 36.2 Å². The van der Waals surface area contributed by atoms with Crippen molar-refractivity contribution in [1.29, 1.82) is 0 Å². The topological polar surface area (TPSA) is 188 Å². The zero-order valence-corrected chi connectivity index (χ0v) is 26.2. The molecule has 242 valence electrons. The average molecular weight is 712 g/mol. The van der Waals surface area contributed by atoms with Gasteiger partial charge in [-0.15, -0.1) is 11.3 Å². The number of aromatic nitrogens is 1. The number of carbonyl (C=O) groups excluding carboxylic acids is 2. The molecule has 1 atom stereocenters. The Balaban J connectivity index is 0.00000312. The molecule has 17 heteroatoms. The quantitative estimate of drug-likeness (QED) is 0.0423. The molecule has 3 aromatic carbocycles. The van der Waals surface area contributed by atoms with Crippen LogP contribution in [0.3, 0.4) is 0 Å². The number of benzene rings is 3. The van der Waals surface area contributed by atoms with E-state index in [-0.39, 0.29) is 69.1 Å². The molecule has 1 saturated heterocycles. The fourth-order valence-corrected chi connectivity index (χ4v) is 6.16. The van der Waals surface area contributed by atoms with Gasteiger partial charge in [0.05, 0.1) is 6.54 Å². The van der Waals surface area contributed by atoms with Crippen molar-refractivity contribution in [3.63, 3.8) is 0 Å². The first kappa shape index (κ1) is 39.3. The Hall–Kier alpha value is -3.12. The van der Waals surface area contributed by atoms with E-state index in [1.54, 1.807) is 0 Å². The summed E-state index contributed by atoms with van der Waals surface area (Å²) >= 11 is 1.15. The predicted octanol–water partition coefficient (Wildman–Crippen LogP) is 1.96. The van der Waals surface area contributed by atoms with Crippen molar-refractivity contribution < 1.29 is 37.3 Å². The molecular formula is C31H31N5Na2O8S2. The van der Waals surface area contributed by atoms with E-state index in [0.717, 1.165) is 28.0 Å². The van der Waals surface area contributed by atoms with Gasteiger partial charge in [0.15, 0.2) is 10.8 Å². The molecule has 0 spiro atoms. The number of hydrogen-bond acceptors (Lipinski definition) is 10. The number of oxime groups is 1. The van der Waals surface area contributed by atoms with Crippen LogP contribution >= 0.6 is 11.3 Å². The summed E-state index contributed by atoms with van der Waals surface area (Å²) in [5.41, 5.74) is -0.552. The molecule has 4 N–H and O–H groups in total. The Morgan fingerprint density at radius 2 is 1.42 bits per heavy atom. The van der Waals surface area contributed by atoms with Crippen molar-refractivity contribution in [2.45, 2.75) is 31.0 Å². The summed E-state index contributed by atoms with van der Waals surface area (Å²) in [6, 6.07) is 27.9. The van der Waals surface area contributed by atoms with Crippen LogP contribution in [0.25, 0.3) is 0 Å². The summed E-state index contributed by atoms with van der Waals surface area (Å²) < 4.78 is 32.0. The number of rotatable bonds is 12. The molecule has 4 aromatic rings. The molecule has 1 aromatic heterocycles. The van der Waals surface area contributed by atoms with E-state index in [4.69, 9.17) is 9.39 Å². The molecule has 0 radical (unpaired) electrons. The van der Waals surface area contributed by atoms with Gasteiger partial charge in [0.25, 0.3) is 11.8 Å². The molecule has 5 rings (SSSR count). The van der Waals surface area contributed by atoms with Gasteiger partial charge in [0.1, 0.15) is 17.3 Å². The van der Waals surface area contributed by atoms with Gasteiger partial charge in [-0.1, -0.05) is 96.2 Å². The number of thiazole rings is 1. The zero-order chi connectivity index (χ0) is 33.1. The van der Waals surface area contributed by atoms with Crippen LogP contribution in [-0.2, 0) is 35.1 Å². The molecule has 1 aliphatic rings. The third-order valence-electron chi connectivity index (χ3n) is 7.23. The summed E-state index contributed by atoms with van der Waals surface area (Å²) in [5.74, 6) is -3.39. The summed E-state index contributed by atoms with van der Waals surface area (Å²) in [4.78, 5) is 47.2.